The molecule has 0 spiro atoms. The zero-order valence-electron chi connectivity index (χ0n) is 8.57. The molecule has 0 radical (unpaired) electrons. The van der Waals surface area contributed by atoms with Gasteiger partial charge in [-0.25, -0.2) is 0 Å². The zero-order chi connectivity index (χ0) is 9.07. The molecule has 0 aliphatic carbocycles. The molecule has 0 aromatic heterocycles. The molecule has 12 heavy (non-hydrogen) atoms. The van der Waals surface area contributed by atoms with Gasteiger partial charge in [-0.3, -0.25) is 0 Å². The normalized spacial score (nSPS) is 11.5. The minimum Gasteiger partial charge on any atom is -0.381 e. The molecule has 1 nitrogen and oxygen atoms in total. The highest BCUT2D eigenvalue weighted by molar-refractivity contribution is 7.36. The molecule has 0 aromatic carbocycles. The molecule has 0 N–H and O–H groups in total. The van der Waals surface area contributed by atoms with Crippen molar-refractivity contribution in [1.82, 2.24) is 0 Å². The molecule has 1 atom stereocenters. The summed E-state index contributed by atoms with van der Waals surface area (Å²) in [4.78, 5) is 0. The molecule has 0 aromatic rings. The molecule has 0 heterocycles. The second-order valence-electron chi connectivity index (χ2n) is 3.13. The number of rotatable bonds is 9. The highest BCUT2D eigenvalue weighted by atomic mass is 31.1. The molecule has 74 valence electrons. The first-order valence-corrected chi connectivity index (χ1v) is 6.85. The Hall–Kier alpha value is 0.390. The summed E-state index contributed by atoms with van der Waals surface area (Å²) in [5.74, 6) is 0. The predicted molar refractivity (Wildman–Crippen MR) is 58.7 cm³/mol. The molecular weight excluding hydrogens is 167 g/mol. The van der Waals surface area contributed by atoms with E-state index in [1.807, 2.05) is 0 Å². The first kappa shape index (κ1) is 12.4. The van der Waals surface area contributed by atoms with E-state index in [-0.39, 0.29) is 0 Å². The lowest BCUT2D eigenvalue weighted by molar-refractivity contribution is 0.127. The monoisotopic (exact) mass is 190 g/mol. The minimum absolute atomic E-state index is 0.964. The fraction of sp³-hybridized carbons (Fsp3) is 1.00. The van der Waals surface area contributed by atoms with E-state index in [2.05, 4.69) is 13.6 Å². The maximum atomic E-state index is 5.46. The van der Waals surface area contributed by atoms with E-state index in [0.717, 1.165) is 21.8 Å². The first-order valence-electron chi connectivity index (χ1n) is 5.14. The van der Waals surface area contributed by atoms with E-state index >= 15 is 0 Å². The van der Waals surface area contributed by atoms with Crippen molar-refractivity contribution in [2.75, 3.05) is 26.0 Å². The van der Waals surface area contributed by atoms with Crippen LogP contribution in [0.5, 0.6) is 0 Å². The Morgan fingerprint density at radius 2 is 1.75 bits per heavy atom. The van der Waals surface area contributed by atoms with Crippen LogP contribution in [0.4, 0.5) is 0 Å². The lowest BCUT2D eigenvalue weighted by atomic mass is 10.3. The van der Waals surface area contributed by atoms with Crippen molar-refractivity contribution in [2.24, 2.45) is 0 Å². The van der Waals surface area contributed by atoms with Gasteiger partial charge in [0.25, 0.3) is 0 Å². The van der Waals surface area contributed by atoms with Crippen LogP contribution in [-0.4, -0.2) is 26.0 Å². The third-order valence-electron chi connectivity index (χ3n) is 1.86. The van der Waals surface area contributed by atoms with Crippen LogP contribution >= 0.6 is 8.58 Å². The van der Waals surface area contributed by atoms with Crippen LogP contribution in [0.3, 0.4) is 0 Å². The Bertz CT molecular complexity index is 66.2. The van der Waals surface area contributed by atoms with Crippen LogP contribution in [0.25, 0.3) is 0 Å². The van der Waals surface area contributed by atoms with Gasteiger partial charge in [-0.15, -0.1) is 8.58 Å². The van der Waals surface area contributed by atoms with Gasteiger partial charge in [-0.2, -0.15) is 0 Å². The summed E-state index contributed by atoms with van der Waals surface area (Å²) in [5.41, 5.74) is 0. The highest BCUT2D eigenvalue weighted by Gasteiger charge is 1.89. The van der Waals surface area contributed by atoms with Crippen molar-refractivity contribution in [3.05, 3.63) is 0 Å². The van der Waals surface area contributed by atoms with E-state index in [0.29, 0.717) is 0 Å². The third-order valence-corrected chi connectivity index (χ3v) is 2.71. The largest absolute Gasteiger partial charge is 0.381 e. The van der Waals surface area contributed by atoms with Crippen LogP contribution in [0, 0.1) is 0 Å². The average molecular weight is 190 g/mol. The quantitative estimate of drug-likeness (QED) is 0.400. The number of hydrogen-bond acceptors (Lipinski definition) is 1. The molecule has 0 amide bonds. The summed E-state index contributed by atoms with van der Waals surface area (Å²) >= 11 is 0. The van der Waals surface area contributed by atoms with Crippen molar-refractivity contribution in [3.63, 3.8) is 0 Å². The Morgan fingerprint density at radius 3 is 2.42 bits per heavy atom. The fourth-order valence-electron chi connectivity index (χ4n) is 1.03. The van der Waals surface area contributed by atoms with Gasteiger partial charge in [0.05, 0.1) is 0 Å². The van der Waals surface area contributed by atoms with Gasteiger partial charge in [0.15, 0.2) is 0 Å². The van der Waals surface area contributed by atoms with Gasteiger partial charge >= 0.3 is 0 Å². The Kier molecular flexibility index (Phi) is 11.8. The van der Waals surface area contributed by atoms with Crippen molar-refractivity contribution in [3.8, 4) is 0 Å². The van der Waals surface area contributed by atoms with Crippen molar-refractivity contribution in [1.29, 1.82) is 0 Å². The Morgan fingerprint density at radius 1 is 1.00 bits per heavy atom. The summed E-state index contributed by atoms with van der Waals surface area (Å²) in [6, 6.07) is 0. The van der Waals surface area contributed by atoms with Gasteiger partial charge in [-0.1, -0.05) is 19.8 Å². The maximum absolute atomic E-state index is 5.46. The summed E-state index contributed by atoms with van der Waals surface area (Å²) in [6.45, 7) is 6.42. The molecule has 0 saturated heterocycles. The van der Waals surface area contributed by atoms with Crippen molar-refractivity contribution in [2.45, 2.75) is 39.0 Å². The van der Waals surface area contributed by atoms with E-state index in [9.17, 15) is 0 Å². The average Bonchev–Trinajstić information content (AvgIpc) is 2.10. The van der Waals surface area contributed by atoms with E-state index < -0.39 is 0 Å². The van der Waals surface area contributed by atoms with Crippen LogP contribution in [0.15, 0.2) is 0 Å². The molecule has 1 unspecified atom stereocenters. The molecule has 0 aliphatic heterocycles. The lowest BCUT2D eigenvalue weighted by Gasteiger charge is -2.02. The van der Waals surface area contributed by atoms with Crippen LogP contribution in [0.1, 0.15) is 39.0 Å². The predicted octanol–water partition coefficient (Wildman–Crippen LogP) is 3.28. The molecule has 0 saturated carbocycles. The van der Waals surface area contributed by atoms with Gasteiger partial charge < -0.3 is 4.74 Å². The summed E-state index contributed by atoms with van der Waals surface area (Å²) < 4.78 is 5.46. The standard InChI is InChI=1S/C10H23OP/c1-3-4-8-11-9-6-5-7-10-12-2/h12H,3-10H2,1-2H3. The maximum Gasteiger partial charge on any atom is 0.0466 e. The third kappa shape index (κ3) is 10.4. The second kappa shape index (κ2) is 11.4. The summed E-state index contributed by atoms with van der Waals surface area (Å²) in [6.07, 6.45) is 7.88. The smallest absolute Gasteiger partial charge is 0.0466 e. The zero-order valence-corrected chi connectivity index (χ0v) is 9.57. The number of ether oxygens (including phenoxy) is 1. The SMILES string of the molecule is CCCCOCCCCCPC. The topological polar surface area (TPSA) is 9.23 Å². The van der Waals surface area contributed by atoms with Gasteiger partial charge in [0.1, 0.15) is 0 Å². The van der Waals surface area contributed by atoms with Crippen molar-refractivity contribution >= 4 is 8.58 Å². The van der Waals surface area contributed by atoms with Crippen LogP contribution in [-0.2, 0) is 4.74 Å². The highest BCUT2D eigenvalue weighted by Crippen LogP contribution is 2.07. The van der Waals surface area contributed by atoms with Gasteiger partial charge in [-0.05, 0) is 32.1 Å². The van der Waals surface area contributed by atoms with E-state index in [1.54, 1.807) is 0 Å². The lowest BCUT2D eigenvalue weighted by Crippen LogP contribution is -1.96. The molecule has 0 rings (SSSR count). The fourth-order valence-corrected chi connectivity index (χ4v) is 1.63. The molecule has 0 aliphatic rings. The van der Waals surface area contributed by atoms with E-state index in [4.69, 9.17) is 4.74 Å². The van der Waals surface area contributed by atoms with Crippen molar-refractivity contribution < 1.29 is 4.74 Å². The Balaban J connectivity index is 2.73. The Labute approximate surface area is 79.1 Å². The summed E-state index contributed by atoms with van der Waals surface area (Å²) in [5, 5.41) is 0. The van der Waals surface area contributed by atoms with E-state index in [1.165, 1.54) is 38.3 Å². The van der Waals surface area contributed by atoms with Gasteiger partial charge in [0, 0.05) is 13.2 Å². The molecule has 0 fully saturated rings. The van der Waals surface area contributed by atoms with Crippen LogP contribution < -0.4 is 0 Å². The molecule has 0 bridgehead atoms. The van der Waals surface area contributed by atoms with Crippen LogP contribution in [0.2, 0.25) is 0 Å². The number of hydrogen-bond donors (Lipinski definition) is 0. The van der Waals surface area contributed by atoms with Gasteiger partial charge in [0.2, 0.25) is 0 Å². The molecule has 2 heteroatoms. The second-order valence-corrected chi connectivity index (χ2v) is 4.34. The minimum atomic E-state index is 0.964. The summed E-state index contributed by atoms with van der Waals surface area (Å²) in [7, 11) is 1.13. The number of unbranched alkanes of at least 4 members (excludes halogenated alkanes) is 3. The first-order chi connectivity index (χ1) is 5.91. The molecular formula is C10H23OP.